The van der Waals surface area contributed by atoms with Gasteiger partial charge in [-0.15, -0.1) is 0 Å². The maximum Gasteiger partial charge on any atom is 0.0659 e. The number of benzene rings is 1. The fourth-order valence-corrected chi connectivity index (χ4v) is 3.91. The van der Waals surface area contributed by atoms with Crippen LogP contribution in [0.3, 0.4) is 0 Å². The molecule has 0 radical (unpaired) electrons. The van der Waals surface area contributed by atoms with Gasteiger partial charge in [0.1, 0.15) is 0 Å². The van der Waals surface area contributed by atoms with Gasteiger partial charge < -0.3 is 5.32 Å². The van der Waals surface area contributed by atoms with Crippen LogP contribution in [0.4, 0.5) is 0 Å². The SMILES string of the molecule is c1ccc(Cn2cc(CN3CCC4(CCNC4)C3)cn2)cc1. The van der Waals surface area contributed by atoms with Crippen molar-refractivity contribution in [3.05, 3.63) is 53.9 Å². The maximum atomic E-state index is 4.52. The van der Waals surface area contributed by atoms with E-state index in [0.29, 0.717) is 5.41 Å². The van der Waals surface area contributed by atoms with Crippen molar-refractivity contribution in [2.24, 2.45) is 5.41 Å². The first-order valence-corrected chi connectivity index (χ1v) is 8.30. The highest BCUT2D eigenvalue weighted by molar-refractivity contribution is 5.15. The van der Waals surface area contributed by atoms with Crippen molar-refractivity contribution in [2.45, 2.75) is 25.9 Å². The first-order chi connectivity index (χ1) is 10.8. The van der Waals surface area contributed by atoms with Crippen molar-refractivity contribution in [1.29, 1.82) is 0 Å². The van der Waals surface area contributed by atoms with Crippen LogP contribution < -0.4 is 5.32 Å². The molecule has 1 atom stereocenters. The van der Waals surface area contributed by atoms with Crippen LogP contribution in [0.15, 0.2) is 42.7 Å². The lowest BCUT2D eigenvalue weighted by molar-refractivity contribution is 0.268. The van der Waals surface area contributed by atoms with Crippen LogP contribution in [-0.4, -0.2) is 40.9 Å². The molecular weight excluding hydrogens is 272 g/mol. The number of hydrogen-bond donors (Lipinski definition) is 1. The van der Waals surface area contributed by atoms with E-state index in [1.807, 2.05) is 10.9 Å². The van der Waals surface area contributed by atoms with E-state index >= 15 is 0 Å². The lowest BCUT2D eigenvalue weighted by Gasteiger charge is -2.22. The Morgan fingerprint density at radius 1 is 1.09 bits per heavy atom. The smallest absolute Gasteiger partial charge is 0.0659 e. The van der Waals surface area contributed by atoms with Gasteiger partial charge in [-0.2, -0.15) is 5.10 Å². The molecule has 0 aliphatic carbocycles. The molecule has 4 nitrogen and oxygen atoms in total. The predicted molar refractivity (Wildman–Crippen MR) is 87.6 cm³/mol. The van der Waals surface area contributed by atoms with E-state index in [4.69, 9.17) is 0 Å². The van der Waals surface area contributed by atoms with Gasteiger partial charge in [-0.3, -0.25) is 9.58 Å². The Morgan fingerprint density at radius 2 is 2.00 bits per heavy atom. The second-order valence-electron chi connectivity index (χ2n) is 6.92. The van der Waals surface area contributed by atoms with Crippen molar-refractivity contribution >= 4 is 0 Å². The van der Waals surface area contributed by atoms with Gasteiger partial charge in [0.15, 0.2) is 0 Å². The number of rotatable bonds is 4. The van der Waals surface area contributed by atoms with Gasteiger partial charge in [-0.05, 0) is 36.9 Å². The topological polar surface area (TPSA) is 33.1 Å². The summed E-state index contributed by atoms with van der Waals surface area (Å²) in [6.45, 7) is 6.76. The molecule has 1 N–H and O–H groups in total. The molecule has 4 rings (SSSR count). The Bertz CT molecular complexity index is 613. The number of nitrogens with one attached hydrogen (secondary N) is 1. The van der Waals surface area contributed by atoms with Crippen molar-refractivity contribution in [1.82, 2.24) is 20.0 Å². The summed E-state index contributed by atoms with van der Waals surface area (Å²) in [4.78, 5) is 2.59. The summed E-state index contributed by atoms with van der Waals surface area (Å²) in [7, 11) is 0. The van der Waals surface area contributed by atoms with E-state index in [0.717, 1.165) is 13.1 Å². The minimum absolute atomic E-state index is 0.556. The molecule has 22 heavy (non-hydrogen) atoms. The highest BCUT2D eigenvalue weighted by Crippen LogP contribution is 2.36. The number of likely N-dealkylation sites (tertiary alicyclic amines) is 1. The highest BCUT2D eigenvalue weighted by atomic mass is 15.3. The van der Waals surface area contributed by atoms with Gasteiger partial charge in [0.25, 0.3) is 0 Å². The lowest BCUT2D eigenvalue weighted by atomic mass is 9.87. The minimum Gasteiger partial charge on any atom is -0.316 e. The Labute approximate surface area is 132 Å². The van der Waals surface area contributed by atoms with Crippen molar-refractivity contribution in [2.75, 3.05) is 26.2 Å². The fourth-order valence-electron chi connectivity index (χ4n) is 3.91. The minimum atomic E-state index is 0.556. The van der Waals surface area contributed by atoms with E-state index < -0.39 is 0 Å². The zero-order valence-corrected chi connectivity index (χ0v) is 13.0. The summed E-state index contributed by atoms with van der Waals surface area (Å²) in [5.74, 6) is 0. The molecule has 2 aliphatic heterocycles. The van der Waals surface area contributed by atoms with E-state index in [-0.39, 0.29) is 0 Å². The van der Waals surface area contributed by atoms with Crippen molar-refractivity contribution in [3.63, 3.8) is 0 Å². The maximum absolute atomic E-state index is 4.52. The lowest BCUT2D eigenvalue weighted by Crippen LogP contribution is -2.28. The third-order valence-electron chi connectivity index (χ3n) is 5.13. The second-order valence-corrected chi connectivity index (χ2v) is 6.92. The summed E-state index contributed by atoms with van der Waals surface area (Å²) in [5.41, 5.74) is 3.19. The normalized spacial score (nSPS) is 25.3. The molecule has 2 aliphatic rings. The summed E-state index contributed by atoms with van der Waals surface area (Å²) in [6.07, 6.45) is 6.92. The van der Waals surface area contributed by atoms with Crippen molar-refractivity contribution < 1.29 is 0 Å². The molecule has 2 saturated heterocycles. The molecule has 1 spiro atoms. The van der Waals surface area contributed by atoms with Crippen LogP contribution in [0, 0.1) is 5.41 Å². The van der Waals surface area contributed by atoms with E-state index in [2.05, 4.69) is 51.8 Å². The van der Waals surface area contributed by atoms with E-state index in [9.17, 15) is 0 Å². The summed E-state index contributed by atoms with van der Waals surface area (Å²) in [5, 5.41) is 8.05. The van der Waals surface area contributed by atoms with Gasteiger partial charge in [0.05, 0.1) is 12.7 Å². The number of aromatic nitrogens is 2. The molecule has 0 bridgehead atoms. The first-order valence-electron chi connectivity index (χ1n) is 8.30. The third-order valence-corrected chi connectivity index (χ3v) is 5.13. The zero-order chi connectivity index (χ0) is 14.8. The first kappa shape index (κ1) is 14.0. The van der Waals surface area contributed by atoms with Crippen LogP contribution in [0.5, 0.6) is 0 Å². The van der Waals surface area contributed by atoms with Crippen LogP contribution in [-0.2, 0) is 13.1 Å². The van der Waals surface area contributed by atoms with Crippen LogP contribution in [0.1, 0.15) is 24.0 Å². The standard InChI is InChI=1S/C18H24N4/c1-2-4-16(5-3-1)12-22-13-17(10-20-22)11-21-9-7-18(15-21)6-8-19-14-18/h1-5,10,13,19H,6-9,11-12,14-15H2. The molecule has 0 saturated carbocycles. The molecule has 1 unspecified atom stereocenters. The molecular formula is C18H24N4. The van der Waals surface area contributed by atoms with E-state index in [1.54, 1.807) is 0 Å². The van der Waals surface area contributed by atoms with Gasteiger partial charge in [0, 0.05) is 31.4 Å². The Hall–Kier alpha value is -1.65. The van der Waals surface area contributed by atoms with Crippen LogP contribution >= 0.6 is 0 Å². The molecule has 3 heterocycles. The molecule has 4 heteroatoms. The molecule has 0 amide bonds. The Balaban J connectivity index is 1.36. The zero-order valence-electron chi connectivity index (χ0n) is 13.0. The third kappa shape index (κ3) is 2.94. The average molecular weight is 296 g/mol. The van der Waals surface area contributed by atoms with Gasteiger partial charge in [-0.25, -0.2) is 0 Å². The average Bonchev–Trinajstić information content (AvgIpc) is 3.25. The molecule has 2 fully saturated rings. The van der Waals surface area contributed by atoms with Crippen LogP contribution in [0.2, 0.25) is 0 Å². The Morgan fingerprint density at radius 3 is 2.82 bits per heavy atom. The summed E-state index contributed by atoms with van der Waals surface area (Å²) >= 11 is 0. The van der Waals surface area contributed by atoms with Gasteiger partial charge in [-0.1, -0.05) is 30.3 Å². The fraction of sp³-hybridized carbons (Fsp3) is 0.500. The molecule has 116 valence electrons. The molecule has 2 aromatic rings. The molecule has 1 aromatic carbocycles. The highest BCUT2D eigenvalue weighted by Gasteiger charge is 2.40. The second kappa shape index (κ2) is 5.86. The van der Waals surface area contributed by atoms with E-state index in [1.165, 1.54) is 50.1 Å². The largest absolute Gasteiger partial charge is 0.316 e. The summed E-state index contributed by atoms with van der Waals surface area (Å²) in [6, 6.07) is 10.5. The van der Waals surface area contributed by atoms with Gasteiger partial charge in [0.2, 0.25) is 0 Å². The van der Waals surface area contributed by atoms with Crippen LogP contribution in [0.25, 0.3) is 0 Å². The summed E-state index contributed by atoms with van der Waals surface area (Å²) < 4.78 is 2.05. The number of hydrogen-bond acceptors (Lipinski definition) is 3. The Kier molecular flexibility index (Phi) is 3.72. The van der Waals surface area contributed by atoms with Gasteiger partial charge >= 0.3 is 0 Å². The van der Waals surface area contributed by atoms with Crippen molar-refractivity contribution in [3.8, 4) is 0 Å². The number of nitrogens with zero attached hydrogens (tertiary/aromatic N) is 3. The monoisotopic (exact) mass is 296 g/mol. The quantitative estimate of drug-likeness (QED) is 0.938. The molecule has 1 aromatic heterocycles. The predicted octanol–water partition coefficient (Wildman–Crippen LogP) is 2.12.